The van der Waals surface area contributed by atoms with Gasteiger partial charge in [0.05, 0.1) is 37.0 Å². The lowest BCUT2D eigenvalue weighted by atomic mass is 10.1. The molecule has 1 aromatic rings. The van der Waals surface area contributed by atoms with E-state index >= 15 is 0 Å². The Morgan fingerprint density at radius 2 is 2.05 bits per heavy atom. The van der Waals surface area contributed by atoms with Crippen LogP contribution in [-0.2, 0) is 0 Å². The second-order valence-electron chi connectivity index (χ2n) is 3.36. The molecule has 0 aliphatic carbocycles. The Morgan fingerprint density at radius 3 is 2.55 bits per heavy atom. The fraction of sp³-hybridized carbons (Fsp3) is 0.200. The minimum atomic E-state index is -0.597. The second-order valence-corrected chi connectivity index (χ2v) is 3.36. The van der Waals surface area contributed by atoms with Gasteiger partial charge in [0.1, 0.15) is 0 Å². The average Bonchev–Trinajstić information content (AvgIpc) is 2.45. The Labute approximate surface area is 113 Å². The number of nitrogens with zero attached hydrogens (tertiary/aromatic N) is 3. The van der Waals surface area contributed by atoms with E-state index in [2.05, 4.69) is 10.2 Å². The summed E-state index contributed by atoms with van der Waals surface area (Å²) in [4.78, 5) is 10.4. The van der Waals surface area contributed by atoms with Gasteiger partial charge < -0.3 is 15.2 Å². The van der Waals surface area contributed by atoms with Crippen LogP contribution in [0.25, 0.3) is 0 Å². The molecule has 0 fully saturated rings. The maximum absolute atomic E-state index is 11.0. The summed E-state index contributed by atoms with van der Waals surface area (Å²) in [7, 11) is 2.77. The molecule has 0 atom stereocenters. The van der Waals surface area contributed by atoms with Gasteiger partial charge in [-0.05, 0) is 6.07 Å². The van der Waals surface area contributed by atoms with Crippen molar-refractivity contribution >= 4 is 17.9 Å². The first-order chi connectivity index (χ1) is 9.53. The molecule has 0 aromatic heterocycles. The Morgan fingerprint density at radius 1 is 1.45 bits per heavy atom. The molecule has 10 heteroatoms. The van der Waals surface area contributed by atoms with Crippen molar-refractivity contribution in [1.82, 2.24) is 5.48 Å². The van der Waals surface area contributed by atoms with Crippen molar-refractivity contribution in [2.24, 2.45) is 15.9 Å². The number of nitro groups is 1. The van der Waals surface area contributed by atoms with Crippen LogP contribution in [0, 0.1) is 10.1 Å². The highest BCUT2D eigenvalue weighted by molar-refractivity contribution is 5.87. The number of hydrogen-bond acceptors (Lipinski definition) is 7. The van der Waals surface area contributed by atoms with Crippen molar-refractivity contribution in [2.75, 3.05) is 14.2 Å². The molecular weight excluding hydrogens is 270 g/mol. The van der Waals surface area contributed by atoms with Gasteiger partial charge in [0, 0.05) is 0 Å². The van der Waals surface area contributed by atoms with Gasteiger partial charge in [-0.3, -0.25) is 15.3 Å². The summed E-state index contributed by atoms with van der Waals surface area (Å²) >= 11 is 0. The molecule has 0 radical (unpaired) electrons. The molecule has 0 spiro atoms. The highest BCUT2D eigenvalue weighted by Gasteiger charge is 2.18. The van der Waals surface area contributed by atoms with Crippen molar-refractivity contribution in [1.29, 1.82) is 0 Å². The van der Waals surface area contributed by atoms with Crippen LogP contribution in [0.1, 0.15) is 5.56 Å². The number of hydroxylamine groups is 1. The van der Waals surface area contributed by atoms with Gasteiger partial charge in [-0.25, -0.2) is 5.48 Å². The van der Waals surface area contributed by atoms with Crippen molar-refractivity contribution < 1.29 is 19.6 Å². The second kappa shape index (κ2) is 6.89. The Kier molecular flexibility index (Phi) is 5.23. The number of guanidine groups is 1. The molecule has 0 bridgehead atoms. The zero-order chi connectivity index (χ0) is 15.1. The molecule has 0 amide bonds. The van der Waals surface area contributed by atoms with E-state index < -0.39 is 4.92 Å². The number of methoxy groups -OCH3 is 2. The molecule has 10 nitrogen and oxygen atoms in total. The van der Waals surface area contributed by atoms with Gasteiger partial charge in [-0.15, -0.1) is 5.10 Å². The molecule has 0 aliphatic rings. The average molecular weight is 283 g/mol. The largest absolute Gasteiger partial charge is 0.493 e. The van der Waals surface area contributed by atoms with Crippen LogP contribution in [-0.4, -0.2) is 36.5 Å². The zero-order valence-electron chi connectivity index (χ0n) is 10.7. The van der Waals surface area contributed by atoms with E-state index in [1.165, 1.54) is 26.4 Å². The molecule has 0 saturated heterocycles. The van der Waals surface area contributed by atoms with Gasteiger partial charge in [0.25, 0.3) is 5.69 Å². The number of ether oxygens (including phenoxy) is 2. The van der Waals surface area contributed by atoms with Gasteiger partial charge >= 0.3 is 0 Å². The molecule has 20 heavy (non-hydrogen) atoms. The van der Waals surface area contributed by atoms with E-state index in [-0.39, 0.29) is 23.0 Å². The third kappa shape index (κ3) is 3.55. The highest BCUT2D eigenvalue weighted by atomic mass is 16.6. The highest BCUT2D eigenvalue weighted by Crippen LogP contribution is 2.33. The number of nitrogens with two attached hydrogens (primary N) is 1. The molecule has 108 valence electrons. The van der Waals surface area contributed by atoms with E-state index in [1.54, 1.807) is 5.48 Å². The van der Waals surface area contributed by atoms with Crippen LogP contribution < -0.4 is 20.7 Å². The molecule has 0 unspecified atom stereocenters. The molecule has 0 aliphatic heterocycles. The van der Waals surface area contributed by atoms with Crippen molar-refractivity contribution in [3.05, 3.63) is 27.8 Å². The minimum Gasteiger partial charge on any atom is -0.493 e. The monoisotopic (exact) mass is 283 g/mol. The summed E-state index contributed by atoms with van der Waals surface area (Å²) in [6.07, 6.45) is 1.10. The summed E-state index contributed by atoms with van der Waals surface area (Å²) < 4.78 is 10.0. The van der Waals surface area contributed by atoms with Crippen LogP contribution in [0.5, 0.6) is 11.5 Å². The quantitative estimate of drug-likeness (QED) is 0.303. The SMILES string of the molecule is COc1cc(/C=N/N=C(/N)NO)c([N+](=O)[O-])cc1OC. The third-order valence-electron chi connectivity index (χ3n) is 2.21. The number of benzene rings is 1. The maximum atomic E-state index is 11.0. The smallest absolute Gasteiger partial charge is 0.282 e. The lowest BCUT2D eigenvalue weighted by Gasteiger charge is -2.08. The predicted octanol–water partition coefficient (Wildman–Crippen LogP) is 0.239. The van der Waals surface area contributed by atoms with Gasteiger partial charge in [-0.1, -0.05) is 0 Å². The van der Waals surface area contributed by atoms with Crippen LogP contribution in [0.15, 0.2) is 22.3 Å². The molecule has 1 aromatic carbocycles. The Bertz CT molecular complexity index is 557. The molecule has 0 saturated carbocycles. The summed E-state index contributed by atoms with van der Waals surface area (Å²) in [5, 5.41) is 26.2. The number of hydrogen-bond donors (Lipinski definition) is 3. The van der Waals surface area contributed by atoms with Gasteiger partial charge in [0.15, 0.2) is 11.5 Å². The van der Waals surface area contributed by atoms with Crippen molar-refractivity contribution in [2.45, 2.75) is 0 Å². The maximum Gasteiger partial charge on any atom is 0.282 e. The first-order valence-corrected chi connectivity index (χ1v) is 5.20. The molecule has 1 rings (SSSR count). The zero-order valence-corrected chi connectivity index (χ0v) is 10.7. The molecular formula is C10H13N5O5. The summed E-state index contributed by atoms with van der Waals surface area (Å²) in [6, 6.07) is 2.58. The third-order valence-corrected chi connectivity index (χ3v) is 2.21. The minimum absolute atomic E-state index is 0.141. The number of nitrogens with one attached hydrogen (secondary N) is 1. The van der Waals surface area contributed by atoms with E-state index in [0.29, 0.717) is 5.75 Å². The van der Waals surface area contributed by atoms with E-state index in [4.69, 9.17) is 20.4 Å². The summed E-state index contributed by atoms with van der Waals surface area (Å²) in [5.41, 5.74) is 6.60. The van der Waals surface area contributed by atoms with Crippen LogP contribution >= 0.6 is 0 Å². The normalized spacial score (nSPS) is 11.4. The number of nitro benzene ring substituents is 1. The van der Waals surface area contributed by atoms with E-state index in [0.717, 1.165) is 6.21 Å². The lowest BCUT2D eigenvalue weighted by molar-refractivity contribution is -0.385. The lowest BCUT2D eigenvalue weighted by Crippen LogP contribution is -2.27. The van der Waals surface area contributed by atoms with Gasteiger partial charge in [-0.2, -0.15) is 5.10 Å². The fourth-order valence-corrected chi connectivity index (χ4v) is 1.32. The standard InChI is InChI=1S/C10H13N5O5/c1-19-8-3-6(5-12-13-10(11)14-16)7(15(17)18)4-9(8)20-2/h3-5,16H,1-2H3,(H3,11,13,14)/b12-5+. The first-order valence-electron chi connectivity index (χ1n) is 5.20. The van der Waals surface area contributed by atoms with E-state index in [9.17, 15) is 10.1 Å². The number of rotatable bonds is 5. The van der Waals surface area contributed by atoms with Crippen LogP contribution in [0.2, 0.25) is 0 Å². The van der Waals surface area contributed by atoms with Crippen molar-refractivity contribution in [3.63, 3.8) is 0 Å². The summed E-state index contributed by atoms with van der Waals surface area (Å²) in [5.74, 6) is 0.164. The first kappa shape index (κ1) is 15.2. The van der Waals surface area contributed by atoms with E-state index in [1.807, 2.05) is 0 Å². The summed E-state index contributed by atoms with van der Waals surface area (Å²) in [6.45, 7) is 0. The molecule has 4 N–H and O–H groups in total. The predicted molar refractivity (Wildman–Crippen MR) is 70.3 cm³/mol. The van der Waals surface area contributed by atoms with Crippen LogP contribution in [0.4, 0.5) is 5.69 Å². The van der Waals surface area contributed by atoms with Gasteiger partial charge in [0.2, 0.25) is 5.96 Å². The Balaban J connectivity index is 3.26. The van der Waals surface area contributed by atoms with Crippen molar-refractivity contribution in [3.8, 4) is 11.5 Å². The fourth-order valence-electron chi connectivity index (χ4n) is 1.32. The Hall–Kier alpha value is -2.88. The van der Waals surface area contributed by atoms with Crippen LogP contribution in [0.3, 0.4) is 0 Å². The topological polar surface area (TPSA) is 145 Å². The molecule has 0 heterocycles.